The fourth-order valence-electron chi connectivity index (χ4n) is 6.37. The van der Waals surface area contributed by atoms with E-state index in [0.29, 0.717) is 17.5 Å². The van der Waals surface area contributed by atoms with Crippen LogP contribution in [0.2, 0.25) is 0 Å². The molecule has 0 aliphatic heterocycles. The molecule has 0 amide bonds. The Labute approximate surface area is 246 Å². The summed E-state index contributed by atoms with van der Waals surface area (Å²) in [4.78, 5) is 15.2. The Bertz CT molecular complexity index is 2440. The van der Waals surface area contributed by atoms with E-state index in [1.165, 1.54) is 16.2 Å². The zero-order chi connectivity index (χ0) is 28.3. The highest BCUT2D eigenvalue weighted by Gasteiger charge is 2.22. The van der Waals surface area contributed by atoms with Gasteiger partial charge in [0, 0.05) is 32.8 Å². The minimum absolute atomic E-state index is 0.614. The fourth-order valence-corrected chi connectivity index (χ4v) is 6.37. The standard InChI is InChI=1S/C39H23N3O/c1-3-13-24(14-4-1)37-40-38(25-15-5-2-6-16-25)42-39(41-37)32-23-31-28-19-8-7-17-26(28)27-18-9-10-20-29(27)34(31)36-35(32)30-21-11-12-22-33(30)43-36/h1-23H. The maximum absolute atomic E-state index is 6.74. The second-order valence-corrected chi connectivity index (χ2v) is 10.8. The van der Waals surface area contributed by atoms with E-state index in [2.05, 4.69) is 66.7 Å². The van der Waals surface area contributed by atoms with Crippen LogP contribution in [-0.4, -0.2) is 15.0 Å². The van der Waals surface area contributed by atoms with Crippen molar-refractivity contribution in [3.05, 3.63) is 140 Å². The average Bonchev–Trinajstić information content (AvgIpc) is 3.48. The molecular formula is C39H23N3O. The summed E-state index contributed by atoms with van der Waals surface area (Å²) in [6.07, 6.45) is 0. The Morgan fingerprint density at radius 2 is 0.837 bits per heavy atom. The molecule has 0 aliphatic rings. The van der Waals surface area contributed by atoms with Crippen LogP contribution in [0, 0.1) is 0 Å². The van der Waals surface area contributed by atoms with Gasteiger partial charge in [0.2, 0.25) is 0 Å². The van der Waals surface area contributed by atoms with E-state index < -0.39 is 0 Å². The summed E-state index contributed by atoms with van der Waals surface area (Å²) in [5.41, 5.74) is 4.48. The largest absolute Gasteiger partial charge is 0.455 e. The molecule has 43 heavy (non-hydrogen) atoms. The summed E-state index contributed by atoms with van der Waals surface area (Å²) in [7, 11) is 0. The third-order valence-electron chi connectivity index (χ3n) is 8.29. The third-order valence-corrected chi connectivity index (χ3v) is 8.29. The topological polar surface area (TPSA) is 51.8 Å². The van der Waals surface area contributed by atoms with Gasteiger partial charge in [0.1, 0.15) is 11.2 Å². The second kappa shape index (κ2) is 9.33. The number of aromatic nitrogens is 3. The SMILES string of the molecule is c1ccc(-c2nc(-c3ccccc3)nc(-c3cc4c5ccccc5c5ccccc5c4c4oc5ccccc5c34)n2)cc1. The van der Waals surface area contributed by atoms with Gasteiger partial charge in [0.05, 0.1) is 0 Å². The zero-order valence-electron chi connectivity index (χ0n) is 23.0. The van der Waals surface area contributed by atoms with E-state index in [4.69, 9.17) is 19.4 Å². The van der Waals surface area contributed by atoms with Crippen LogP contribution < -0.4 is 0 Å². The molecule has 0 bridgehead atoms. The van der Waals surface area contributed by atoms with Gasteiger partial charge in [-0.25, -0.2) is 15.0 Å². The smallest absolute Gasteiger partial charge is 0.164 e. The van der Waals surface area contributed by atoms with Crippen molar-refractivity contribution in [1.29, 1.82) is 0 Å². The molecule has 0 spiro atoms. The van der Waals surface area contributed by atoms with Crippen molar-refractivity contribution < 1.29 is 4.42 Å². The molecule has 0 atom stereocenters. The van der Waals surface area contributed by atoms with Crippen LogP contribution in [0.25, 0.3) is 88.4 Å². The minimum Gasteiger partial charge on any atom is -0.455 e. The first-order valence-corrected chi connectivity index (χ1v) is 14.4. The van der Waals surface area contributed by atoms with Crippen LogP contribution >= 0.6 is 0 Å². The minimum atomic E-state index is 0.614. The van der Waals surface area contributed by atoms with Crippen LogP contribution in [0.1, 0.15) is 0 Å². The van der Waals surface area contributed by atoms with E-state index >= 15 is 0 Å². The summed E-state index contributed by atoms with van der Waals surface area (Å²) in [5.74, 6) is 1.88. The maximum atomic E-state index is 6.74. The molecule has 2 heterocycles. The van der Waals surface area contributed by atoms with Crippen LogP contribution in [0.3, 0.4) is 0 Å². The normalized spacial score (nSPS) is 11.7. The molecule has 4 nitrogen and oxygen atoms in total. The maximum Gasteiger partial charge on any atom is 0.164 e. The predicted molar refractivity (Wildman–Crippen MR) is 176 cm³/mol. The van der Waals surface area contributed by atoms with Crippen molar-refractivity contribution in [2.75, 3.05) is 0 Å². The first-order chi connectivity index (χ1) is 21.3. The molecule has 200 valence electrons. The van der Waals surface area contributed by atoms with Crippen LogP contribution in [0.5, 0.6) is 0 Å². The molecule has 0 unspecified atom stereocenters. The quantitative estimate of drug-likeness (QED) is 0.206. The van der Waals surface area contributed by atoms with E-state index in [0.717, 1.165) is 54.8 Å². The number of hydrogen-bond donors (Lipinski definition) is 0. The Morgan fingerprint density at radius 3 is 1.47 bits per heavy atom. The highest BCUT2D eigenvalue weighted by Crippen LogP contribution is 2.45. The number of benzene rings is 7. The van der Waals surface area contributed by atoms with Crippen LogP contribution in [-0.2, 0) is 0 Å². The van der Waals surface area contributed by atoms with Crippen LogP contribution in [0.15, 0.2) is 144 Å². The molecule has 9 rings (SSSR count). The molecule has 2 aromatic heterocycles. The number of para-hydroxylation sites is 1. The van der Waals surface area contributed by atoms with Crippen molar-refractivity contribution in [2.45, 2.75) is 0 Å². The highest BCUT2D eigenvalue weighted by molar-refractivity contribution is 6.34. The first-order valence-electron chi connectivity index (χ1n) is 14.4. The number of fused-ring (bicyclic) bond motifs is 10. The summed E-state index contributed by atoms with van der Waals surface area (Å²) < 4.78 is 6.74. The lowest BCUT2D eigenvalue weighted by Crippen LogP contribution is -2.00. The Balaban J connectivity index is 1.48. The van der Waals surface area contributed by atoms with Gasteiger partial charge in [-0.1, -0.05) is 127 Å². The summed E-state index contributed by atoms with van der Waals surface area (Å²) >= 11 is 0. The molecule has 0 aliphatic carbocycles. The highest BCUT2D eigenvalue weighted by atomic mass is 16.3. The number of hydrogen-bond acceptors (Lipinski definition) is 4. The van der Waals surface area contributed by atoms with E-state index in [-0.39, 0.29) is 0 Å². The number of rotatable bonds is 3. The molecule has 0 saturated heterocycles. The Morgan fingerprint density at radius 1 is 0.372 bits per heavy atom. The summed E-state index contributed by atoms with van der Waals surface area (Å²) in [6, 6.07) is 47.9. The molecule has 0 N–H and O–H groups in total. The summed E-state index contributed by atoms with van der Waals surface area (Å²) in [6.45, 7) is 0. The molecular weight excluding hydrogens is 526 g/mol. The van der Waals surface area contributed by atoms with Gasteiger partial charge in [0.15, 0.2) is 17.5 Å². The first kappa shape index (κ1) is 23.8. The van der Waals surface area contributed by atoms with Crippen LogP contribution in [0.4, 0.5) is 0 Å². The average molecular weight is 550 g/mol. The lowest BCUT2D eigenvalue weighted by molar-refractivity contribution is 0.673. The molecule has 0 fully saturated rings. The van der Waals surface area contributed by atoms with Gasteiger partial charge in [-0.15, -0.1) is 0 Å². The zero-order valence-corrected chi connectivity index (χ0v) is 23.0. The van der Waals surface area contributed by atoms with Gasteiger partial charge < -0.3 is 4.42 Å². The van der Waals surface area contributed by atoms with Crippen molar-refractivity contribution in [3.63, 3.8) is 0 Å². The van der Waals surface area contributed by atoms with Crippen molar-refractivity contribution in [2.24, 2.45) is 0 Å². The number of nitrogens with zero attached hydrogens (tertiary/aromatic N) is 3. The fraction of sp³-hybridized carbons (Fsp3) is 0. The molecule has 0 saturated carbocycles. The van der Waals surface area contributed by atoms with Gasteiger partial charge in [-0.3, -0.25) is 0 Å². The van der Waals surface area contributed by atoms with Crippen molar-refractivity contribution >= 4 is 54.3 Å². The van der Waals surface area contributed by atoms with Crippen molar-refractivity contribution in [3.8, 4) is 34.2 Å². The lowest BCUT2D eigenvalue weighted by atomic mass is 9.91. The second-order valence-electron chi connectivity index (χ2n) is 10.8. The predicted octanol–water partition coefficient (Wildman–Crippen LogP) is 10.2. The third kappa shape index (κ3) is 3.67. The van der Waals surface area contributed by atoms with Crippen molar-refractivity contribution in [1.82, 2.24) is 15.0 Å². The van der Waals surface area contributed by atoms with Gasteiger partial charge in [-0.2, -0.15) is 0 Å². The lowest BCUT2D eigenvalue weighted by Gasteiger charge is -2.14. The van der Waals surface area contributed by atoms with Gasteiger partial charge in [0.25, 0.3) is 0 Å². The number of furan rings is 1. The molecule has 9 aromatic rings. The van der Waals surface area contributed by atoms with E-state index in [1.807, 2.05) is 72.8 Å². The van der Waals surface area contributed by atoms with Gasteiger partial charge in [-0.05, 0) is 39.1 Å². The van der Waals surface area contributed by atoms with Gasteiger partial charge >= 0.3 is 0 Å². The van der Waals surface area contributed by atoms with E-state index in [1.54, 1.807) is 0 Å². The van der Waals surface area contributed by atoms with E-state index in [9.17, 15) is 0 Å². The molecule has 7 aromatic carbocycles. The Hall–Kier alpha value is -5.87. The monoisotopic (exact) mass is 549 g/mol. The summed E-state index contributed by atoms with van der Waals surface area (Å²) in [5, 5.41) is 9.00. The molecule has 4 heteroatoms. The molecule has 0 radical (unpaired) electrons. The Kier molecular flexibility index (Phi) is 5.16.